The number of nitrogens with zero attached hydrogens (tertiary/aromatic N) is 4. The molecule has 0 amide bonds. The number of nitrogens with one attached hydrogen (secondary N) is 1. The molecule has 1 aliphatic heterocycles. The minimum Gasteiger partial charge on any atom is -0.465 e. The molecule has 0 bridgehead atoms. The number of rotatable bonds is 5. The zero-order chi connectivity index (χ0) is 18.3. The Bertz CT molecular complexity index is 911. The van der Waals surface area contributed by atoms with Crippen molar-refractivity contribution in [1.29, 1.82) is 0 Å². The van der Waals surface area contributed by atoms with Crippen molar-refractivity contribution in [3.63, 3.8) is 0 Å². The number of imidazole rings is 1. The first-order chi connectivity index (χ1) is 12.6. The van der Waals surface area contributed by atoms with E-state index in [0.29, 0.717) is 35.0 Å². The van der Waals surface area contributed by atoms with Crippen LogP contribution in [0.5, 0.6) is 0 Å². The highest BCUT2D eigenvalue weighted by Crippen LogP contribution is 2.32. The molecule has 0 radical (unpaired) electrons. The van der Waals surface area contributed by atoms with Crippen LogP contribution in [0, 0.1) is 0 Å². The van der Waals surface area contributed by atoms with Crippen molar-refractivity contribution in [3.8, 4) is 0 Å². The van der Waals surface area contributed by atoms with Gasteiger partial charge < -0.3 is 35.5 Å². The highest BCUT2D eigenvalue weighted by atomic mass is 16.6. The lowest BCUT2D eigenvalue weighted by molar-refractivity contribution is -0.0511. The summed E-state index contributed by atoms with van der Waals surface area (Å²) in [5, 5.41) is 32.5. The third-order valence-electron chi connectivity index (χ3n) is 4.25. The lowest BCUT2D eigenvalue weighted by Crippen LogP contribution is -2.33. The molecule has 4 atom stereocenters. The zero-order valence-corrected chi connectivity index (χ0v) is 13.6. The molecule has 0 saturated carbocycles. The quantitative estimate of drug-likeness (QED) is 0.389. The van der Waals surface area contributed by atoms with Crippen LogP contribution in [0.1, 0.15) is 12.0 Å². The molecular formula is C15H18N6O5. The van der Waals surface area contributed by atoms with E-state index >= 15 is 0 Å². The predicted octanol–water partition coefficient (Wildman–Crippen LogP) is -0.775. The van der Waals surface area contributed by atoms with Crippen molar-refractivity contribution in [2.24, 2.45) is 0 Å². The smallest absolute Gasteiger partial charge is 0.167 e. The lowest BCUT2D eigenvalue weighted by atomic mass is 10.1. The Morgan fingerprint density at radius 1 is 1.23 bits per heavy atom. The van der Waals surface area contributed by atoms with Crippen LogP contribution in [-0.2, 0) is 11.3 Å². The normalized spacial score (nSPS) is 25.8. The average molecular weight is 362 g/mol. The van der Waals surface area contributed by atoms with Gasteiger partial charge in [0.05, 0.1) is 25.2 Å². The molecule has 26 heavy (non-hydrogen) atoms. The number of aliphatic hydroxyl groups is 3. The predicted molar refractivity (Wildman–Crippen MR) is 88.8 cm³/mol. The van der Waals surface area contributed by atoms with Gasteiger partial charge in [0.25, 0.3) is 0 Å². The average Bonchev–Trinajstić information content (AvgIpc) is 3.32. The monoisotopic (exact) mass is 362 g/mol. The maximum Gasteiger partial charge on any atom is 0.167 e. The topological polar surface area (TPSA) is 165 Å². The van der Waals surface area contributed by atoms with Gasteiger partial charge in [0.15, 0.2) is 23.2 Å². The van der Waals surface area contributed by atoms with Crippen molar-refractivity contribution in [3.05, 3.63) is 30.7 Å². The van der Waals surface area contributed by atoms with Gasteiger partial charge in [0, 0.05) is 6.07 Å². The molecule has 0 aliphatic carbocycles. The number of aromatic nitrogens is 4. The van der Waals surface area contributed by atoms with E-state index in [1.807, 2.05) is 0 Å². The maximum absolute atomic E-state index is 10.2. The summed E-state index contributed by atoms with van der Waals surface area (Å²) < 4.78 is 12.3. The van der Waals surface area contributed by atoms with E-state index < -0.39 is 31.1 Å². The standard InChI is InChI=1S/C15H18N6O5/c16-7-1-8(25-4-7)2-17-13-10-14(19-5-18-13)21(6-20-10)15-12(24)11(23)9(3-22)26-15/h1,4-6,9,11-12,15,22-24H,2-3,16H2,(H,17,18,19)/t9-,11-,12+,15-/m1/s1. The number of nitrogens with two attached hydrogens (primary N) is 1. The Morgan fingerprint density at radius 3 is 2.77 bits per heavy atom. The fourth-order valence-electron chi connectivity index (χ4n) is 2.94. The SMILES string of the molecule is Nc1coc(CNc2ncnc3c2ncn3[C@@H]2O[C@H](CO)[C@@H](O)[C@@H]2O)c1. The summed E-state index contributed by atoms with van der Waals surface area (Å²) in [6, 6.07) is 1.70. The molecule has 6 N–H and O–H groups in total. The second kappa shape index (κ2) is 6.53. The summed E-state index contributed by atoms with van der Waals surface area (Å²) in [5.41, 5.74) is 7.03. The molecule has 3 aromatic heterocycles. The van der Waals surface area contributed by atoms with Crippen molar-refractivity contribution < 1.29 is 24.5 Å². The number of hydrogen-bond donors (Lipinski definition) is 5. The van der Waals surface area contributed by atoms with Crippen LogP contribution in [0.2, 0.25) is 0 Å². The second-order valence-corrected chi connectivity index (χ2v) is 5.98. The highest BCUT2D eigenvalue weighted by Gasteiger charge is 2.44. The molecule has 4 heterocycles. The summed E-state index contributed by atoms with van der Waals surface area (Å²) >= 11 is 0. The summed E-state index contributed by atoms with van der Waals surface area (Å²) in [5.74, 6) is 1.10. The summed E-state index contributed by atoms with van der Waals surface area (Å²) in [7, 11) is 0. The van der Waals surface area contributed by atoms with E-state index in [2.05, 4.69) is 20.3 Å². The molecule has 11 nitrogen and oxygen atoms in total. The first-order valence-corrected chi connectivity index (χ1v) is 7.95. The van der Waals surface area contributed by atoms with Gasteiger partial charge in [-0.25, -0.2) is 15.0 Å². The molecule has 0 aromatic carbocycles. The van der Waals surface area contributed by atoms with E-state index in [1.54, 1.807) is 6.07 Å². The van der Waals surface area contributed by atoms with Crippen LogP contribution in [-0.4, -0.2) is 59.8 Å². The Balaban J connectivity index is 1.61. The van der Waals surface area contributed by atoms with E-state index in [0.717, 1.165) is 0 Å². The second-order valence-electron chi connectivity index (χ2n) is 5.98. The van der Waals surface area contributed by atoms with Crippen molar-refractivity contribution in [2.45, 2.75) is 31.1 Å². The molecular weight excluding hydrogens is 344 g/mol. The van der Waals surface area contributed by atoms with Gasteiger partial charge in [-0.3, -0.25) is 4.57 Å². The minimum atomic E-state index is -1.22. The molecule has 1 aliphatic rings. The first-order valence-electron chi connectivity index (χ1n) is 7.95. The molecule has 4 rings (SSSR count). The van der Waals surface area contributed by atoms with Gasteiger partial charge in [-0.15, -0.1) is 0 Å². The van der Waals surface area contributed by atoms with Crippen LogP contribution < -0.4 is 11.1 Å². The third-order valence-corrected chi connectivity index (χ3v) is 4.25. The van der Waals surface area contributed by atoms with E-state index in [1.165, 1.54) is 23.5 Å². The van der Waals surface area contributed by atoms with Crippen LogP contribution in [0.25, 0.3) is 11.2 Å². The van der Waals surface area contributed by atoms with Gasteiger partial charge in [0.1, 0.15) is 36.7 Å². The number of ether oxygens (including phenoxy) is 1. The van der Waals surface area contributed by atoms with Crippen molar-refractivity contribution >= 4 is 22.7 Å². The molecule has 138 valence electrons. The van der Waals surface area contributed by atoms with E-state index in [9.17, 15) is 15.3 Å². The first kappa shape index (κ1) is 16.7. The maximum atomic E-state index is 10.2. The summed E-state index contributed by atoms with van der Waals surface area (Å²) in [4.78, 5) is 12.6. The Morgan fingerprint density at radius 2 is 2.08 bits per heavy atom. The fraction of sp³-hybridized carbons (Fsp3) is 0.400. The van der Waals surface area contributed by atoms with E-state index in [-0.39, 0.29) is 0 Å². The Kier molecular flexibility index (Phi) is 4.20. The number of fused-ring (bicyclic) bond motifs is 1. The lowest BCUT2D eigenvalue weighted by Gasteiger charge is -2.16. The van der Waals surface area contributed by atoms with Gasteiger partial charge in [-0.1, -0.05) is 0 Å². The van der Waals surface area contributed by atoms with E-state index in [4.69, 9.17) is 14.9 Å². The highest BCUT2D eigenvalue weighted by molar-refractivity contribution is 5.82. The molecule has 1 saturated heterocycles. The van der Waals surface area contributed by atoms with Crippen LogP contribution >= 0.6 is 0 Å². The van der Waals surface area contributed by atoms with Crippen LogP contribution in [0.4, 0.5) is 11.5 Å². The number of nitrogen functional groups attached to an aromatic ring is 1. The molecule has 3 aromatic rings. The molecule has 1 fully saturated rings. The Labute approximate surface area is 147 Å². The Hall–Kier alpha value is -2.73. The van der Waals surface area contributed by atoms with Crippen molar-refractivity contribution in [2.75, 3.05) is 17.7 Å². The molecule has 0 unspecified atom stereocenters. The van der Waals surface area contributed by atoms with Gasteiger partial charge in [-0.2, -0.15) is 0 Å². The largest absolute Gasteiger partial charge is 0.465 e. The fourth-order valence-corrected chi connectivity index (χ4v) is 2.94. The summed E-state index contributed by atoms with van der Waals surface area (Å²) in [6.45, 7) is -0.0561. The van der Waals surface area contributed by atoms with Gasteiger partial charge >= 0.3 is 0 Å². The number of aliphatic hydroxyl groups excluding tert-OH is 3. The number of furan rings is 1. The van der Waals surface area contributed by atoms with Gasteiger partial charge in [-0.05, 0) is 0 Å². The van der Waals surface area contributed by atoms with Gasteiger partial charge in [0.2, 0.25) is 0 Å². The number of anilines is 2. The number of hydrogen-bond acceptors (Lipinski definition) is 10. The minimum absolute atomic E-state index is 0.351. The van der Waals surface area contributed by atoms with Crippen LogP contribution in [0.3, 0.4) is 0 Å². The molecule has 11 heteroatoms. The van der Waals surface area contributed by atoms with Crippen molar-refractivity contribution in [1.82, 2.24) is 19.5 Å². The summed E-state index contributed by atoms with van der Waals surface area (Å²) in [6.07, 6.45) is 0.0174. The zero-order valence-electron chi connectivity index (χ0n) is 13.6. The third kappa shape index (κ3) is 2.76. The molecule has 0 spiro atoms. The van der Waals surface area contributed by atoms with Crippen LogP contribution in [0.15, 0.2) is 29.4 Å².